The fourth-order valence-electron chi connectivity index (χ4n) is 3.49. The van der Waals surface area contributed by atoms with Crippen molar-refractivity contribution in [3.8, 4) is 28.4 Å². The number of rotatable bonds is 7. The average molecular weight is 484 g/mol. The third kappa shape index (κ3) is 5.04. The Hall–Kier alpha value is -4.50. The Labute approximate surface area is 205 Å². The van der Waals surface area contributed by atoms with Crippen LogP contribution in [0.15, 0.2) is 88.7 Å². The zero-order valence-electron chi connectivity index (χ0n) is 18.8. The molecule has 174 valence electrons. The van der Waals surface area contributed by atoms with Gasteiger partial charge in [-0.1, -0.05) is 48.5 Å². The maximum Gasteiger partial charge on any atom is 0.276 e. The van der Waals surface area contributed by atoms with Crippen molar-refractivity contribution in [2.75, 3.05) is 5.32 Å². The highest BCUT2D eigenvalue weighted by atomic mass is 32.1. The first kappa shape index (κ1) is 22.3. The molecule has 5 rings (SSSR count). The molecule has 0 aliphatic heterocycles. The quantitative estimate of drug-likeness (QED) is 0.334. The molecular formula is C26H21N5O3S. The predicted molar refractivity (Wildman–Crippen MR) is 134 cm³/mol. The molecule has 0 saturated heterocycles. The number of amides is 2. The van der Waals surface area contributed by atoms with E-state index in [1.807, 2.05) is 60.7 Å². The maximum atomic E-state index is 13.3. The van der Waals surface area contributed by atoms with Crippen molar-refractivity contribution in [1.29, 1.82) is 0 Å². The van der Waals surface area contributed by atoms with E-state index in [1.54, 1.807) is 28.3 Å². The van der Waals surface area contributed by atoms with Crippen molar-refractivity contribution in [1.82, 2.24) is 20.1 Å². The van der Waals surface area contributed by atoms with E-state index >= 15 is 0 Å². The lowest BCUT2D eigenvalue weighted by Gasteiger charge is -2.06. The highest BCUT2D eigenvalue weighted by Crippen LogP contribution is 2.28. The van der Waals surface area contributed by atoms with E-state index in [-0.39, 0.29) is 11.8 Å². The second-order valence-corrected chi connectivity index (χ2v) is 8.55. The summed E-state index contributed by atoms with van der Waals surface area (Å²) in [6.45, 7) is 1.75. The number of nitrogens with zero attached hydrogens (tertiary/aromatic N) is 3. The summed E-state index contributed by atoms with van der Waals surface area (Å²) in [5, 5.41) is 12.5. The second kappa shape index (κ2) is 9.78. The molecule has 0 bridgehead atoms. The van der Waals surface area contributed by atoms with Gasteiger partial charge in [-0.2, -0.15) is 5.10 Å². The number of furan rings is 1. The van der Waals surface area contributed by atoms with Crippen molar-refractivity contribution in [3.63, 3.8) is 0 Å². The van der Waals surface area contributed by atoms with E-state index < -0.39 is 0 Å². The molecule has 5 aromatic rings. The SMILES string of the molecule is CC(=O)NCc1ccc(-c2csc(NC(=O)c3cc(-c4ccccc4)nn3-c3ccccc3)n2)o1. The molecule has 0 atom stereocenters. The number of benzene rings is 2. The van der Waals surface area contributed by atoms with Gasteiger partial charge >= 0.3 is 0 Å². The number of aromatic nitrogens is 3. The third-order valence-corrected chi connectivity index (χ3v) is 5.92. The van der Waals surface area contributed by atoms with Crippen LogP contribution in [0.3, 0.4) is 0 Å². The first-order valence-corrected chi connectivity index (χ1v) is 11.8. The summed E-state index contributed by atoms with van der Waals surface area (Å²) in [5.41, 5.74) is 3.38. The molecule has 0 saturated carbocycles. The Morgan fingerprint density at radius 1 is 0.971 bits per heavy atom. The van der Waals surface area contributed by atoms with E-state index in [0.29, 0.717) is 40.3 Å². The van der Waals surface area contributed by atoms with Crippen LogP contribution in [-0.4, -0.2) is 26.6 Å². The van der Waals surface area contributed by atoms with Gasteiger partial charge in [-0.05, 0) is 30.3 Å². The van der Waals surface area contributed by atoms with Gasteiger partial charge in [0.2, 0.25) is 5.91 Å². The lowest BCUT2D eigenvalue weighted by molar-refractivity contribution is -0.119. The van der Waals surface area contributed by atoms with Crippen molar-refractivity contribution in [3.05, 3.63) is 95.7 Å². The van der Waals surface area contributed by atoms with Crippen molar-refractivity contribution < 1.29 is 14.0 Å². The molecule has 0 spiro atoms. The zero-order chi connectivity index (χ0) is 24.2. The van der Waals surface area contributed by atoms with Gasteiger partial charge in [-0.15, -0.1) is 11.3 Å². The van der Waals surface area contributed by atoms with E-state index in [0.717, 1.165) is 11.3 Å². The van der Waals surface area contributed by atoms with Crippen LogP contribution in [0, 0.1) is 0 Å². The molecule has 0 aliphatic rings. The van der Waals surface area contributed by atoms with E-state index in [9.17, 15) is 9.59 Å². The minimum atomic E-state index is -0.324. The lowest BCUT2D eigenvalue weighted by Crippen LogP contribution is -2.18. The van der Waals surface area contributed by atoms with Crippen molar-refractivity contribution >= 4 is 28.3 Å². The third-order valence-electron chi connectivity index (χ3n) is 5.16. The van der Waals surface area contributed by atoms with Crippen LogP contribution >= 0.6 is 11.3 Å². The topological polar surface area (TPSA) is 102 Å². The van der Waals surface area contributed by atoms with Crippen LogP contribution in [0.25, 0.3) is 28.4 Å². The first-order chi connectivity index (χ1) is 17.1. The monoisotopic (exact) mass is 483 g/mol. The Morgan fingerprint density at radius 3 is 2.46 bits per heavy atom. The van der Waals surface area contributed by atoms with Crippen molar-refractivity contribution in [2.45, 2.75) is 13.5 Å². The molecule has 0 fully saturated rings. The van der Waals surface area contributed by atoms with Crippen LogP contribution in [0.2, 0.25) is 0 Å². The Kier molecular flexibility index (Phi) is 6.23. The van der Waals surface area contributed by atoms with Gasteiger partial charge in [0.05, 0.1) is 17.9 Å². The number of hydrogen-bond acceptors (Lipinski definition) is 6. The number of hydrogen-bond donors (Lipinski definition) is 2. The summed E-state index contributed by atoms with van der Waals surface area (Å²) in [4.78, 5) is 28.9. The number of nitrogens with one attached hydrogen (secondary N) is 2. The van der Waals surface area contributed by atoms with Gasteiger partial charge in [-0.3, -0.25) is 14.9 Å². The van der Waals surface area contributed by atoms with Gasteiger partial charge in [0.1, 0.15) is 17.1 Å². The van der Waals surface area contributed by atoms with Crippen LogP contribution in [0.5, 0.6) is 0 Å². The van der Waals surface area contributed by atoms with E-state index in [2.05, 4.69) is 15.6 Å². The number of para-hydroxylation sites is 1. The fourth-order valence-corrected chi connectivity index (χ4v) is 4.18. The summed E-state index contributed by atoms with van der Waals surface area (Å²) in [6.07, 6.45) is 0. The van der Waals surface area contributed by atoms with E-state index in [1.165, 1.54) is 18.3 Å². The Balaban J connectivity index is 1.39. The summed E-state index contributed by atoms with van der Waals surface area (Å²) in [7, 11) is 0. The first-order valence-electron chi connectivity index (χ1n) is 10.9. The molecule has 2 aromatic carbocycles. The highest BCUT2D eigenvalue weighted by Gasteiger charge is 2.19. The molecule has 9 heteroatoms. The Bertz CT molecular complexity index is 1470. The Morgan fingerprint density at radius 2 is 1.71 bits per heavy atom. The van der Waals surface area contributed by atoms with Crippen LogP contribution in [0.4, 0.5) is 5.13 Å². The predicted octanol–water partition coefficient (Wildman–Crippen LogP) is 5.14. The summed E-state index contributed by atoms with van der Waals surface area (Å²) < 4.78 is 7.39. The highest BCUT2D eigenvalue weighted by molar-refractivity contribution is 7.14. The molecule has 8 nitrogen and oxygen atoms in total. The molecule has 0 unspecified atom stereocenters. The minimum absolute atomic E-state index is 0.133. The molecule has 0 aliphatic carbocycles. The molecule has 0 radical (unpaired) electrons. The van der Waals surface area contributed by atoms with Gasteiger partial charge in [0.25, 0.3) is 5.91 Å². The fraction of sp³-hybridized carbons (Fsp3) is 0.0769. The molecule has 2 amide bonds. The maximum absolute atomic E-state index is 13.3. The molecule has 35 heavy (non-hydrogen) atoms. The summed E-state index contributed by atoms with van der Waals surface area (Å²) >= 11 is 1.30. The largest absolute Gasteiger partial charge is 0.458 e. The summed E-state index contributed by atoms with van der Waals surface area (Å²) in [6, 6.07) is 24.6. The van der Waals surface area contributed by atoms with Gasteiger partial charge in [-0.25, -0.2) is 9.67 Å². The zero-order valence-corrected chi connectivity index (χ0v) is 19.6. The average Bonchev–Trinajstić information content (AvgIpc) is 3.63. The molecule has 2 N–H and O–H groups in total. The summed E-state index contributed by atoms with van der Waals surface area (Å²) in [5.74, 6) is 0.721. The van der Waals surface area contributed by atoms with Crippen molar-refractivity contribution in [2.24, 2.45) is 0 Å². The van der Waals surface area contributed by atoms with Crippen LogP contribution < -0.4 is 10.6 Å². The second-order valence-electron chi connectivity index (χ2n) is 7.70. The minimum Gasteiger partial charge on any atom is -0.458 e. The van der Waals surface area contributed by atoms with Gasteiger partial charge in [0.15, 0.2) is 10.9 Å². The molecular weight excluding hydrogens is 462 g/mol. The molecule has 3 heterocycles. The number of carbonyl (C=O) groups excluding carboxylic acids is 2. The van der Waals surface area contributed by atoms with Gasteiger partial charge in [0, 0.05) is 17.9 Å². The smallest absolute Gasteiger partial charge is 0.276 e. The number of carbonyl (C=O) groups is 2. The van der Waals surface area contributed by atoms with Gasteiger partial charge < -0.3 is 9.73 Å². The standard InChI is InChI=1S/C26H21N5O3S/c1-17(32)27-15-20-12-13-24(34-20)22-16-35-26(28-22)29-25(33)23-14-21(18-8-4-2-5-9-18)30-31(23)19-10-6-3-7-11-19/h2-14,16H,15H2,1H3,(H,27,32)(H,28,29,33). The van der Waals surface area contributed by atoms with E-state index in [4.69, 9.17) is 9.52 Å². The molecule has 3 aromatic heterocycles. The number of anilines is 1. The van der Waals surface area contributed by atoms with Crippen LogP contribution in [-0.2, 0) is 11.3 Å². The number of thiazole rings is 1. The van der Waals surface area contributed by atoms with Crippen LogP contribution in [0.1, 0.15) is 23.2 Å². The normalized spacial score (nSPS) is 10.8. The lowest BCUT2D eigenvalue weighted by atomic mass is 10.1.